The van der Waals surface area contributed by atoms with E-state index in [0.717, 1.165) is 6.21 Å². The minimum atomic E-state index is -0.701. The Morgan fingerprint density at radius 1 is 1.67 bits per heavy atom. The molecule has 2 amide bonds. The molecule has 0 atom stereocenters. The molecule has 86 valence electrons. The molecule has 0 spiro atoms. The molecule has 0 saturated heterocycles. The van der Waals surface area contributed by atoms with Crippen molar-refractivity contribution < 1.29 is 7.65 Å². The molecule has 1 heterocycles. The van der Waals surface area contributed by atoms with Crippen LogP contribution in [-0.4, -0.2) is 17.2 Å². The van der Waals surface area contributed by atoms with Crippen LogP contribution in [0.15, 0.2) is 12.3 Å². The number of nitrogen functional groups attached to an aromatic ring is 1. The molecule has 0 radical (unpaired) electrons. The van der Waals surface area contributed by atoms with Crippen LogP contribution in [0.2, 0.25) is 0 Å². The SMILES string of the molecule is CC.N=Cc1cc(NC(N)=O)ncc1N.[HH].[HH]. The molecule has 0 unspecified atom stereocenters. The van der Waals surface area contributed by atoms with Crippen molar-refractivity contribution in [2.75, 3.05) is 11.1 Å². The van der Waals surface area contributed by atoms with Crippen molar-refractivity contribution >= 4 is 23.8 Å². The topological polar surface area (TPSA) is 118 Å². The van der Waals surface area contributed by atoms with E-state index in [4.69, 9.17) is 16.9 Å². The van der Waals surface area contributed by atoms with Crippen LogP contribution in [0.1, 0.15) is 22.3 Å². The molecule has 1 rings (SSSR count). The highest BCUT2D eigenvalue weighted by Gasteiger charge is 2.01. The van der Waals surface area contributed by atoms with Gasteiger partial charge in [0.1, 0.15) is 5.82 Å². The lowest BCUT2D eigenvalue weighted by Crippen LogP contribution is -2.20. The fourth-order valence-electron chi connectivity index (χ4n) is 0.801. The Morgan fingerprint density at radius 2 is 2.27 bits per heavy atom. The van der Waals surface area contributed by atoms with Gasteiger partial charge in [-0.25, -0.2) is 9.78 Å². The third-order valence-electron chi connectivity index (χ3n) is 1.38. The molecule has 15 heavy (non-hydrogen) atoms. The summed E-state index contributed by atoms with van der Waals surface area (Å²) in [6.07, 6.45) is 2.43. The molecule has 1 aromatic heterocycles. The fraction of sp³-hybridized carbons (Fsp3) is 0.222. The monoisotopic (exact) mass is 213 g/mol. The number of nitrogens with zero attached hydrogens (tertiary/aromatic N) is 1. The van der Waals surface area contributed by atoms with Gasteiger partial charge < -0.3 is 16.9 Å². The Hall–Kier alpha value is -2.11. The average Bonchev–Trinajstić information content (AvgIpc) is 2.23. The maximum atomic E-state index is 10.4. The molecular weight excluding hydrogens is 194 g/mol. The summed E-state index contributed by atoms with van der Waals surface area (Å²) in [5, 5.41) is 9.26. The highest BCUT2D eigenvalue weighted by Crippen LogP contribution is 2.11. The van der Waals surface area contributed by atoms with E-state index in [1.54, 1.807) is 0 Å². The molecule has 0 aliphatic heterocycles. The standard InChI is InChI=1S/C7H9N5O.C2H6.2H2/c8-2-4-1-6(12-7(10)13)11-3-5(4)9;1-2;;/h1-3,8H,9H2,(H3,10,11,12,13);1-2H3;2*1H. The van der Waals surface area contributed by atoms with Crippen LogP contribution >= 0.6 is 0 Å². The van der Waals surface area contributed by atoms with Gasteiger partial charge in [-0.3, -0.25) is 5.32 Å². The Kier molecular flexibility index (Phi) is 5.47. The summed E-state index contributed by atoms with van der Waals surface area (Å²) >= 11 is 0. The summed E-state index contributed by atoms with van der Waals surface area (Å²) in [4.78, 5) is 14.2. The molecule has 6 N–H and O–H groups in total. The third-order valence-corrected chi connectivity index (χ3v) is 1.38. The van der Waals surface area contributed by atoms with Gasteiger partial charge in [0.2, 0.25) is 0 Å². The number of urea groups is 1. The number of hydrogen-bond donors (Lipinski definition) is 4. The summed E-state index contributed by atoms with van der Waals surface area (Å²) < 4.78 is 0. The van der Waals surface area contributed by atoms with Crippen LogP contribution in [0.5, 0.6) is 0 Å². The van der Waals surface area contributed by atoms with Gasteiger partial charge in [0.05, 0.1) is 11.9 Å². The lowest BCUT2D eigenvalue weighted by Gasteiger charge is -2.03. The predicted molar refractivity (Wildman–Crippen MR) is 65.3 cm³/mol. The number of aromatic nitrogens is 1. The number of anilines is 2. The van der Waals surface area contributed by atoms with Crippen molar-refractivity contribution in [1.82, 2.24) is 4.98 Å². The largest absolute Gasteiger partial charge is 0.397 e. The van der Waals surface area contributed by atoms with Crippen LogP contribution in [0.3, 0.4) is 0 Å². The molecular formula is C9H19N5O. The smallest absolute Gasteiger partial charge is 0.317 e. The van der Waals surface area contributed by atoms with Crippen molar-refractivity contribution in [2.45, 2.75) is 13.8 Å². The van der Waals surface area contributed by atoms with E-state index in [1.165, 1.54) is 12.3 Å². The zero-order valence-electron chi connectivity index (χ0n) is 8.74. The van der Waals surface area contributed by atoms with Crippen LogP contribution in [-0.2, 0) is 0 Å². The number of carbonyl (C=O) groups excluding carboxylic acids is 1. The van der Waals surface area contributed by atoms with E-state index in [9.17, 15) is 4.79 Å². The number of nitrogens with two attached hydrogens (primary N) is 2. The average molecular weight is 213 g/mol. The molecule has 0 saturated carbocycles. The van der Waals surface area contributed by atoms with Gasteiger partial charge in [-0.1, -0.05) is 13.8 Å². The number of nitrogens with one attached hydrogen (secondary N) is 2. The summed E-state index contributed by atoms with van der Waals surface area (Å²) in [5.41, 5.74) is 11.2. The first kappa shape index (κ1) is 12.9. The van der Waals surface area contributed by atoms with E-state index in [2.05, 4.69) is 10.3 Å². The molecule has 0 fully saturated rings. The summed E-state index contributed by atoms with van der Waals surface area (Å²) in [6.45, 7) is 4.00. The first-order chi connectivity index (χ1) is 7.13. The number of rotatable bonds is 2. The minimum Gasteiger partial charge on any atom is -0.397 e. The normalized spacial score (nSPS) is 8.40. The van der Waals surface area contributed by atoms with E-state index in [1.807, 2.05) is 13.8 Å². The number of pyridine rings is 1. The van der Waals surface area contributed by atoms with Crippen LogP contribution < -0.4 is 16.8 Å². The summed E-state index contributed by atoms with van der Waals surface area (Å²) in [6, 6.07) is 0.765. The second kappa shape index (κ2) is 6.36. The second-order valence-electron chi connectivity index (χ2n) is 2.33. The molecule has 0 aliphatic carbocycles. The van der Waals surface area contributed by atoms with E-state index in [0.29, 0.717) is 11.3 Å². The third kappa shape index (κ3) is 4.08. The number of hydrogen-bond acceptors (Lipinski definition) is 4. The maximum absolute atomic E-state index is 10.4. The predicted octanol–water partition coefficient (Wildman–Crippen LogP) is 1.67. The van der Waals surface area contributed by atoms with E-state index >= 15 is 0 Å². The molecule has 6 nitrogen and oxygen atoms in total. The zero-order chi connectivity index (χ0) is 11.8. The van der Waals surface area contributed by atoms with Crippen LogP contribution in [0.4, 0.5) is 16.3 Å². The minimum absolute atomic E-state index is 0. The van der Waals surface area contributed by atoms with Gasteiger partial charge in [0.25, 0.3) is 0 Å². The first-order valence-corrected chi connectivity index (χ1v) is 4.46. The van der Waals surface area contributed by atoms with E-state index < -0.39 is 6.03 Å². The van der Waals surface area contributed by atoms with Gasteiger partial charge >= 0.3 is 6.03 Å². The zero-order valence-corrected chi connectivity index (χ0v) is 8.74. The Bertz CT molecular complexity index is 359. The van der Waals surface area contributed by atoms with Crippen molar-refractivity contribution in [3.8, 4) is 0 Å². The molecule has 0 aliphatic rings. The summed E-state index contributed by atoms with van der Waals surface area (Å²) in [7, 11) is 0. The van der Waals surface area contributed by atoms with Crippen molar-refractivity contribution in [3.63, 3.8) is 0 Å². The Morgan fingerprint density at radius 3 is 2.73 bits per heavy atom. The highest BCUT2D eigenvalue weighted by molar-refractivity contribution is 5.90. The van der Waals surface area contributed by atoms with Gasteiger partial charge in [0, 0.05) is 14.6 Å². The number of carbonyl (C=O) groups is 1. The Balaban J connectivity index is -0.000000464. The van der Waals surface area contributed by atoms with Crippen LogP contribution in [0, 0.1) is 5.41 Å². The molecule has 0 aromatic carbocycles. The van der Waals surface area contributed by atoms with Crippen LogP contribution in [0.25, 0.3) is 0 Å². The van der Waals surface area contributed by atoms with Gasteiger partial charge in [-0.2, -0.15) is 0 Å². The lowest BCUT2D eigenvalue weighted by molar-refractivity contribution is 0.259. The Labute approximate surface area is 91.2 Å². The number of amides is 2. The maximum Gasteiger partial charge on any atom is 0.317 e. The molecule has 1 aromatic rings. The van der Waals surface area contributed by atoms with Crippen molar-refractivity contribution in [3.05, 3.63) is 17.8 Å². The highest BCUT2D eigenvalue weighted by atomic mass is 16.2. The van der Waals surface area contributed by atoms with E-state index in [-0.39, 0.29) is 8.67 Å². The number of primary amides is 1. The molecule has 0 bridgehead atoms. The van der Waals surface area contributed by atoms with Crippen molar-refractivity contribution in [2.24, 2.45) is 5.73 Å². The quantitative estimate of drug-likeness (QED) is 0.559. The summed E-state index contributed by atoms with van der Waals surface area (Å²) in [5.74, 6) is 0.278. The second-order valence-corrected chi connectivity index (χ2v) is 2.33. The van der Waals surface area contributed by atoms with Gasteiger partial charge in [0.15, 0.2) is 0 Å². The van der Waals surface area contributed by atoms with Gasteiger partial charge in [-0.05, 0) is 6.07 Å². The van der Waals surface area contributed by atoms with Gasteiger partial charge in [-0.15, -0.1) is 0 Å². The lowest BCUT2D eigenvalue weighted by atomic mass is 10.2. The molecule has 6 heteroatoms. The van der Waals surface area contributed by atoms with Crippen molar-refractivity contribution in [1.29, 1.82) is 5.41 Å². The fourth-order valence-corrected chi connectivity index (χ4v) is 0.801. The first-order valence-electron chi connectivity index (χ1n) is 4.46.